The van der Waals surface area contributed by atoms with Crippen LogP contribution in [0.3, 0.4) is 0 Å². The van der Waals surface area contributed by atoms with E-state index < -0.39 is 0 Å². The molecule has 0 amide bonds. The zero-order valence-corrected chi connectivity index (χ0v) is 16.3. The third-order valence-electron chi connectivity index (χ3n) is 5.65. The minimum Gasteiger partial charge on any atom is -0.497 e. The molecular weight excluding hydrogens is 310 g/mol. The molecule has 0 unspecified atom stereocenters. The maximum absolute atomic E-state index is 12.4. The molecule has 0 radical (unpaired) electrons. The first-order chi connectivity index (χ1) is 12.1. The molecule has 1 aromatic carbocycles. The van der Waals surface area contributed by atoms with Crippen molar-refractivity contribution in [3.8, 4) is 5.75 Å². The number of benzene rings is 1. The third-order valence-corrected chi connectivity index (χ3v) is 5.65. The zero-order valence-electron chi connectivity index (χ0n) is 16.3. The van der Waals surface area contributed by atoms with Crippen molar-refractivity contribution in [3.63, 3.8) is 0 Å². The van der Waals surface area contributed by atoms with Gasteiger partial charge in [0.2, 0.25) is 0 Å². The second-order valence-electron chi connectivity index (χ2n) is 7.43. The van der Waals surface area contributed by atoms with Gasteiger partial charge < -0.3 is 9.64 Å². The highest BCUT2D eigenvalue weighted by atomic mass is 16.5. The number of ether oxygens (including phenoxy) is 1. The van der Waals surface area contributed by atoms with E-state index in [0.717, 1.165) is 50.9 Å². The summed E-state index contributed by atoms with van der Waals surface area (Å²) in [4.78, 5) is 14.9. The summed E-state index contributed by atoms with van der Waals surface area (Å²) < 4.78 is 5.23. The molecule has 2 rings (SSSR count). The number of hydrogen-bond donors (Lipinski definition) is 0. The monoisotopic (exact) mass is 345 g/mol. The average molecular weight is 346 g/mol. The Bertz CT molecular complexity index is 505. The van der Waals surface area contributed by atoms with Gasteiger partial charge in [0.1, 0.15) is 11.5 Å². The molecule has 1 fully saturated rings. The number of carbonyl (C=O) groups is 1. The van der Waals surface area contributed by atoms with Crippen LogP contribution in [-0.4, -0.2) is 36.9 Å². The van der Waals surface area contributed by atoms with Gasteiger partial charge in [-0.2, -0.15) is 0 Å². The predicted molar refractivity (Wildman–Crippen MR) is 104 cm³/mol. The Labute approximate surface area is 153 Å². The van der Waals surface area contributed by atoms with Gasteiger partial charge in [0.25, 0.3) is 0 Å². The number of Topliss-reactive ketones (excluding diaryl/α,β-unsaturated/α-hetero) is 1. The van der Waals surface area contributed by atoms with Crippen molar-refractivity contribution in [2.75, 3.05) is 20.2 Å². The summed E-state index contributed by atoms with van der Waals surface area (Å²) in [6.45, 7) is 6.56. The van der Waals surface area contributed by atoms with E-state index in [-0.39, 0.29) is 0 Å². The van der Waals surface area contributed by atoms with E-state index in [1.54, 1.807) is 7.11 Å². The van der Waals surface area contributed by atoms with E-state index in [1.165, 1.54) is 24.8 Å². The summed E-state index contributed by atoms with van der Waals surface area (Å²) in [6.07, 6.45) is 8.86. The van der Waals surface area contributed by atoms with Crippen LogP contribution < -0.4 is 4.74 Å². The van der Waals surface area contributed by atoms with Gasteiger partial charge in [0, 0.05) is 18.4 Å². The minimum absolute atomic E-state index is 0.362. The first-order valence-corrected chi connectivity index (χ1v) is 10.0. The van der Waals surface area contributed by atoms with Crippen LogP contribution in [0.4, 0.5) is 0 Å². The van der Waals surface area contributed by atoms with Crippen molar-refractivity contribution < 1.29 is 9.53 Å². The summed E-state index contributed by atoms with van der Waals surface area (Å²) in [7, 11) is 1.70. The van der Waals surface area contributed by atoms with Gasteiger partial charge in [-0.3, -0.25) is 4.79 Å². The van der Waals surface area contributed by atoms with E-state index in [0.29, 0.717) is 17.7 Å². The molecule has 0 saturated heterocycles. The molecule has 25 heavy (non-hydrogen) atoms. The Morgan fingerprint density at radius 3 is 2.48 bits per heavy atom. The Balaban J connectivity index is 1.74. The number of likely N-dealkylation sites (N-methyl/N-ethyl adjacent to an activating group) is 1. The van der Waals surface area contributed by atoms with Gasteiger partial charge in [-0.25, -0.2) is 0 Å². The summed E-state index contributed by atoms with van der Waals surface area (Å²) >= 11 is 0. The SMILES string of the molecule is CCN(CCCC(=O)C1CCCCC1)[C@@H](C)Cc1ccc(OC)cc1. The number of hydrogen-bond acceptors (Lipinski definition) is 3. The van der Waals surface area contributed by atoms with Gasteiger partial charge in [-0.1, -0.05) is 38.3 Å². The van der Waals surface area contributed by atoms with E-state index >= 15 is 0 Å². The van der Waals surface area contributed by atoms with Crippen LogP contribution in [0.5, 0.6) is 5.75 Å². The highest BCUT2D eigenvalue weighted by molar-refractivity contribution is 5.81. The fourth-order valence-electron chi connectivity index (χ4n) is 4.01. The van der Waals surface area contributed by atoms with Crippen LogP contribution in [0.1, 0.15) is 64.4 Å². The highest BCUT2D eigenvalue weighted by Crippen LogP contribution is 2.25. The molecule has 0 aromatic heterocycles. The molecule has 0 N–H and O–H groups in total. The smallest absolute Gasteiger partial charge is 0.136 e. The summed E-state index contributed by atoms with van der Waals surface area (Å²) in [5.41, 5.74) is 1.34. The van der Waals surface area contributed by atoms with Crippen LogP contribution in [0.25, 0.3) is 0 Å². The molecule has 3 heteroatoms. The van der Waals surface area contributed by atoms with E-state index in [9.17, 15) is 4.79 Å². The van der Waals surface area contributed by atoms with Crippen LogP contribution in [0.2, 0.25) is 0 Å². The standard InChI is InChI=1S/C22H35NO2/c1-4-23(16-8-11-22(24)20-9-6-5-7-10-20)18(2)17-19-12-14-21(25-3)15-13-19/h12-15,18,20H,4-11,16-17H2,1-3H3/t18-/m0/s1. The molecule has 1 aliphatic carbocycles. The van der Waals surface area contributed by atoms with Gasteiger partial charge in [0.05, 0.1) is 7.11 Å². The van der Waals surface area contributed by atoms with Crippen molar-refractivity contribution in [3.05, 3.63) is 29.8 Å². The molecule has 0 aliphatic heterocycles. The molecule has 140 valence electrons. The lowest BCUT2D eigenvalue weighted by Gasteiger charge is -2.28. The molecule has 1 atom stereocenters. The lowest BCUT2D eigenvalue weighted by Crippen LogP contribution is -2.35. The molecule has 0 heterocycles. The molecule has 3 nitrogen and oxygen atoms in total. The number of rotatable bonds is 10. The molecule has 1 aliphatic rings. The molecule has 0 spiro atoms. The van der Waals surface area contributed by atoms with Crippen molar-refractivity contribution in [1.82, 2.24) is 4.90 Å². The Morgan fingerprint density at radius 1 is 1.20 bits per heavy atom. The van der Waals surface area contributed by atoms with Crippen LogP contribution in [0.15, 0.2) is 24.3 Å². The Kier molecular flexibility index (Phi) is 8.47. The van der Waals surface area contributed by atoms with E-state index in [2.05, 4.69) is 30.9 Å². The summed E-state index contributed by atoms with van der Waals surface area (Å²) in [5, 5.41) is 0. The fraction of sp³-hybridized carbons (Fsp3) is 0.682. The lowest BCUT2D eigenvalue weighted by molar-refractivity contribution is -0.124. The first-order valence-electron chi connectivity index (χ1n) is 10.0. The van der Waals surface area contributed by atoms with Gasteiger partial charge in [-0.05, 0) is 63.4 Å². The Hall–Kier alpha value is -1.35. The van der Waals surface area contributed by atoms with E-state index in [4.69, 9.17) is 4.74 Å². The summed E-state index contributed by atoms with van der Waals surface area (Å²) in [6, 6.07) is 8.84. The molecular formula is C22H35NO2. The molecule has 1 aromatic rings. The van der Waals surface area contributed by atoms with Gasteiger partial charge in [-0.15, -0.1) is 0 Å². The molecule has 0 bridgehead atoms. The van der Waals surface area contributed by atoms with Gasteiger partial charge in [0.15, 0.2) is 0 Å². The number of nitrogens with zero attached hydrogens (tertiary/aromatic N) is 1. The maximum Gasteiger partial charge on any atom is 0.136 e. The van der Waals surface area contributed by atoms with Gasteiger partial charge >= 0.3 is 0 Å². The molecule has 1 saturated carbocycles. The van der Waals surface area contributed by atoms with Crippen molar-refractivity contribution in [2.24, 2.45) is 5.92 Å². The van der Waals surface area contributed by atoms with Crippen molar-refractivity contribution in [1.29, 1.82) is 0 Å². The predicted octanol–water partition coefficient (Wildman–Crippen LogP) is 4.88. The largest absolute Gasteiger partial charge is 0.497 e. The van der Waals surface area contributed by atoms with Crippen LogP contribution >= 0.6 is 0 Å². The average Bonchev–Trinajstić information content (AvgIpc) is 2.66. The first kappa shape index (κ1) is 20.0. The maximum atomic E-state index is 12.4. The lowest BCUT2D eigenvalue weighted by atomic mass is 9.85. The zero-order chi connectivity index (χ0) is 18.1. The third kappa shape index (κ3) is 6.47. The van der Waals surface area contributed by atoms with Crippen molar-refractivity contribution >= 4 is 5.78 Å². The topological polar surface area (TPSA) is 29.5 Å². The Morgan fingerprint density at radius 2 is 1.88 bits per heavy atom. The number of methoxy groups -OCH3 is 1. The normalized spacial score (nSPS) is 16.8. The second kappa shape index (κ2) is 10.6. The van der Waals surface area contributed by atoms with Crippen LogP contribution in [-0.2, 0) is 11.2 Å². The van der Waals surface area contributed by atoms with E-state index in [1.807, 2.05) is 12.1 Å². The highest BCUT2D eigenvalue weighted by Gasteiger charge is 2.21. The number of carbonyl (C=O) groups excluding carboxylic acids is 1. The quantitative estimate of drug-likeness (QED) is 0.605. The minimum atomic E-state index is 0.362. The number of ketones is 1. The summed E-state index contributed by atoms with van der Waals surface area (Å²) in [5.74, 6) is 1.78. The second-order valence-corrected chi connectivity index (χ2v) is 7.43. The van der Waals surface area contributed by atoms with Crippen molar-refractivity contribution in [2.45, 2.75) is 71.3 Å². The van der Waals surface area contributed by atoms with Crippen LogP contribution in [0, 0.1) is 5.92 Å². The fourth-order valence-corrected chi connectivity index (χ4v) is 4.01.